The van der Waals surface area contributed by atoms with Gasteiger partial charge in [0.1, 0.15) is 0 Å². The average Bonchev–Trinajstić information content (AvgIpc) is 2.56. The zero-order valence-electron chi connectivity index (χ0n) is 9.20. The van der Waals surface area contributed by atoms with E-state index < -0.39 is 12.0 Å². The largest absolute Gasteiger partial charge is 0.384 e. The van der Waals surface area contributed by atoms with Crippen LogP contribution in [0, 0.1) is 0 Å². The van der Waals surface area contributed by atoms with Crippen LogP contribution in [0.4, 0.5) is 5.69 Å². The van der Waals surface area contributed by atoms with Crippen LogP contribution in [0.25, 0.3) is 0 Å². The molecule has 6 heteroatoms. The molecule has 17 heavy (non-hydrogen) atoms. The van der Waals surface area contributed by atoms with Gasteiger partial charge in [-0.05, 0) is 12.1 Å². The Balaban J connectivity index is 2.21. The molecule has 1 atom stereocenters. The van der Waals surface area contributed by atoms with Crippen LogP contribution in [-0.2, 0) is 9.53 Å². The number of carbonyl (C=O) groups is 1. The zero-order valence-corrected chi connectivity index (χ0v) is 10.8. The van der Waals surface area contributed by atoms with Crippen molar-refractivity contribution in [2.75, 3.05) is 24.8 Å². The van der Waals surface area contributed by atoms with Crippen molar-refractivity contribution in [2.24, 2.45) is 0 Å². The normalized spacial score (nSPS) is 18.1. The first-order valence-corrected chi connectivity index (χ1v) is 6.44. The Morgan fingerprint density at radius 3 is 3.06 bits per heavy atom. The van der Waals surface area contributed by atoms with E-state index in [-0.39, 0.29) is 0 Å². The van der Waals surface area contributed by atoms with Crippen molar-refractivity contribution in [3.63, 3.8) is 0 Å². The highest BCUT2D eigenvalue weighted by Gasteiger charge is 2.29. The minimum atomic E-state index is -1.11. The molecule has 1 aliphatic heterocycles. The standard InChI is InChI=1S/C11H12ClNO3S/c1-16-2-3-17-9-5-8-6(4-7(9)12)10(14)11(15)13-8/h4-5,10,14H,2-3H2,1H3,(H,13,15). The van der Waals surface area contributed by atoms with Crippen molar-refractivity contribution in [1.82, 2.24) is 0 Å². The smallest absolute Gasteiger partial charge is 0.257 e. The summed E-state index contributed by atoms with van der Waals surface area (Å²) in [4.78, 5) is 12.2. The molecule has 0 aliphatic carbocycles. The van der Waals surface area contributed by atoms with Crippen molar-refractivity contribution in [3.05, 3.63) is 22.7 Å². The molecule has 1 heterocycles. The van der Waals surface area contributed by atoms with Gasteiger partial charge >= 0.3 is 0 Å². The van der Waals surface area contributed by atoms with Gasteiger partial charge in [-0.25, -0.2) is 0 Å². The summed E-state index contributed by atoms with van der Waals surface area (Å²) in [5.41, 5.74) is 1.17. The molecule has 0 aromatic heterocycles. The predicted octanol–water partition coefficient (Wildman–Crippen LogP) is 2.06. The Morgan fingerprint density at radius 2 is 2.35 bits per heavy atom. The van der Waals surface area contributed by atoms with E-state index in [4.69, 9.17) is 16.3 Å². The fourth-order valence-electron chi connectivity index (χ4n) is 1.59. The number of hydrogen-bond donors (Lipinski definition) is 2. The lowest BCUT2D eigenvalue weighted by atomic mass is 10.1. The van der Waals surface area contributed by atoms with Crippen LogP contribution in [-0.4, -0.2) is 30.5 Å². The van der Waals surface area contributed by atoms with Crippen LogP contribution in [0.1, 0.15) is 11.7 Å². The average molecular weight is 274 g/mol. The molecule has 92 valence electrons. The molecule has 1 amide bonds. The SMILES string of the molecule is COCCSc1cc2c(cc1Cl)C(O)C(=O)N2. The summed E-state index contributed by atoms with van der Waals surface area (Å²) in [6, 6.07) is 3.42. The molecule has 1 aromatic rings. The quantitative estimate of drug-likeness (QED) is 0.651. The summed E-state index contributed by atoms with van der Waals surface area (Å²) in [7, 11) is 1.64. The van der Waals surface area contributed by atoms with E-state index in [1.165, 1.54) is 0 Å². The van der Waals surface area contributed by atoms with E-state index >= 15 is 0 Å². The highest BCUT2D eigenvalue weighted by Crippen LogP contribution is 2.38. The summed E-state index contributed by atoms with van der Waals surface area (Å²) < 4.78 is 4.96. The Hall–Kier alpha value is -0.750. The number of hydrogen-bond acceptors (Lipinski definition) is 4. The molecular formula is C11H12ClNO3S. The first kappa shape index (κ1) is 12.7. The maximum atomic E-state index is 11.3. The van der Waals surface area contributed by atoms with Gasteiger partial charge in [-0.1, -0.05) is 11.6 Å². The number of nitrogens with one attached hydrogen (secondary N) is 1. The lowest BCUT2D eigenvalue weighted by Gasteiger charge is -2.07. The summed E-state index contributed by atoms with van der Waals surface area (Å²) in [6.07, 6.45) is -1.11. The lowest BCUT2D eigenvalue weighted by molar-refractivity contribution is -0.123. The number of fused-ring (bicyclic) bond motifs is 1. The van der Waals surface area contributed by atoms with Crippen LogP contribution < -0.4 is 5.32 Å². The first-order valence-electron chi connectivity index (χ1n) is 5.07. The molecular weight excluding hydrogens is 262 g/mol. The van der Waals surface area contributed by atoms with Gasteiger partial charge in [-0.2, -0.15) is 0 Å². The molecule has 1 aromatic carbocycles. The van der Waals surface area contributed by atoms with Gasteiger partial charge in [0.2, 0.25) is 0 Å². The van der Waals surface area contributed by atoms with Crippen molar-refractivity contribution in [3.8, 4) is 0 Å². The topological polar surface area (TPSA) is 58.6 Å². The third-order valence-electron chi connectivity index (χ3n) is 2.45. The first-order chi connectivity index (χ1) is 8.13. The Kier molecular flexibility index (Phi) is 3.93. The fraction of sp³-hybridized carbons (Fsp3) is 0.364. The Morgan fingerprint density at radius 1 is 1.59 bits per heavy atom. The minimum absolute atomic E-state index is 0.407. The number of methoxy groups -OCH3 is 1. The second-order valence-electron chi connectivity index (χ2n) is 3.60. The van der Waals surface area contributed by atoms with Crippen molar-refractivity contribution < 1.29 is 14.6 Å². The lowest BCUT2D eigenvalue weighted by Crippen LogP contribution is -2.10. The van der Waals surface area contributed by atoms with E-state index in [0.717, 1.165) is 10.6 Å². The number of amides is 1. The highest BCUT2D eigenvalue weighted by molar-refractivity contribution is 7.99. The Bertz CT molecular complexity index is 453. The van der Waals surface area contributed by atoms with E-state index in [0.29, 0.717) is 22.9 Å². The number of aliphatic hydroxyl groups is 1. The molecule has 0 radical (unpaired) electrons. The number of aliphatic hydroxyl groups excluding tert-OH is 1. The summed E-state index contributed by atoms with van der Waals surface area (Å²) in [5.74, 6) is 0.376. The molecule has 2 N–H and O–H groups in total. The van der Waals surface area contributed by atoms with Crippen molar-refractivity contribution in [1.29, 1.82) is 0 Å². The van der Waals surface area contributed by atoms with Crippen LogP contribution in [0.5, 0.6) is 0 Å². The number of thioether (sulfide) groups is 1. The number of anilines is 1. The molecule has 2 rings (SSSR count). The van der Waals surface area contributed by atoms with Crippen LogP contribution in [0.3, 0.4) is 0 Å². The molecule has 0 bridgehead atoms. The van der Waals surface area contributed by atoms with Gasteiger partial charge in [-0.15, -0.1) is 11.8 Å². The van der Waals surface area contributed by atoms with Gasteiger partial charge in [0, 0.05) is 29.0 Å². The minimum Gasteiger partial charge on any atom is -0.384 e. The maximum absolute atomic E-state index is 11.3. The van der Waals surface area contributed by atoms with Gasteiger partial charge < -0.3 is 15.2 Å². The van der Waals surface area contributed by atoms with Gasteiger partial charge in [0.25, 0.3) is 5.91 Å². The summed E-state index contributed by atoms with van der Waals surface area (Å²) in [5, 5.41) is 12.7. The second-order valence-corrected chi connectivity index (χ2v) is 5.15. The third kappa shape index (κ3) is 2.57. The maximum Gasteiger partial charge on any atom is 0.257 e. The van der Waals surface area contributed by atoms with Crippen molar-refractivity contribution in [2.45, 2.75) is 11.0 Å². The third-order valence-corrected chi connectivity index (χ3v) is 3.89. The van der Waals surface area contributed by atoms with Crippen molar-refractivity contribution >= 4 is 35.0 Å². The Labute approximate surface area is 108 Å². The van der Waals surface area contributed by atoms with E-state index in [9.17, 15) is 9.90 Å². The molecule has 1 unspecified atom stereocenters. The van der Waals surface area contributed by atoms with Gasteiger partial charge in [-0.3, -0.25) is 4.79 Å². The van der Waals surface area contributed by atoms with E-state index in [1.54, 1.807) is 31.0 Å². The zero-order chi connectivity index (χ0) is 12.4. The van der Waals surface area contributed by atoms with Gasteiger partial charge in [0.15, 0.2) is 6.10 Å². The molecule has 0 spiro atoms. The predicted molar refractivity (Wildman–Crippen MR) is 67.6 cm³/mol. The number of carbonyl (C=O) groups excluding carboxylic acids is 1. The molecule has 4 nitrogen and oxygen atoms in total. The number of halogens is 1. The number of ether oxygens (including phenoxy) is 1. The molecule has 1 aliphatic rings. The molecule has 0 saturated heterocycles. The van der Waals surface area contributed by atoms with E-state index in [1.807, 2.05) is 0 Å². The molecule has 0 saturated carbocycles. The van der Waals surface area contributed by atoms with Crippen LogP contribution in [0.2, 0.25) is 5.02 Å². The monoisotopic (exact) mass is 273 g/mol. The van der Waals surface area contributed by atoms with Crippen LogP contribution in [0.15, 0.2) is 17.0 Å². The summed E-state index contributed by atoms with van der Waals surface area (Å²) >= 11 is 7.64. The fourth-order valence-corrected chi connectivity index (χ4v) is 2.79. The molecule has 0 fully saturated rings. The van der Waals surface area contributed by atoms with Crippen LogP contribution >= 0.6 is 23.4 Å². The number of rotatable bonds is 4. The second kappa shape index (κ2) is 5.27. The van der Waals surface area contributed by atoms with E-state index in [2.05, 4.69) is 5.32 Å². The summed E-state index contributed by atoms with van der Waals surface area (Å²) in [6.45, 7) is 0.632. The number of benzene rings is 1. The van der Waals surface area contributed by atoms with Gasteiger partial charge in [0.05, 0.1) is 11.6 Å². The highest BCUT2D eigenvalue weighted by atomic mass is 35.5.